The maximum Gasteiger partial charge on any atom is 0.313 e. The van der Waals surface area contributed by atoms with Crippen molar-refractivity contribution in [2.24, 2.45) is 0 Å². The van der Waals surface area contributed by atoms with E-state index in [4.69, 9.17) is 4.74 Å². The maximum absolute atomic E-state index is 13.3. The minimum Gasteiger partial charge on any atom is -0.465 e. The second-order valence-corrected chi connectivity index (χ2v) is 9.83. The average Bonchev–Trinajstić information content (AvgIpc) is 2.97. The first-order valence-electron chi connectivity index (χ1n) is 12.7. The normalized spacial score (nSPS) is 18.5. The molecule has 4 rings (SSSR count). The number of piperidine rings is 1. The number of rotatable bonds is 9. The summed E-state index contributed by atoms with van der Waals surface area (Å²) >= 11 is 0. The van der Waals surface area contributed by atoms with Gasteiger partial charge >= 0.3 is 5.97 Å². The van der Waals surface area contributed by atoms with Gasteiger partial charge in [-0.25, -0.2) is 0 Å². The lowest BCUT2D eigenvalue weighted by Gasteiger charge is -2.28. The Morgan fingerprint density at radius 1 is 1.00 bits per heavy atom. The molecule has 1 saturated heterocycles. The monoisotopic (exact) mass is 450 g/mol. The quantitative estimate of drug-likeness (QED) is 0.469. The lowest BCUT2D eigenvalue weighted by Crippen LogP contribution is -3.12. The fourth-order valence-electron chi connectivity index (χ4n) is 5.33. The zero-order valence-corrected chi connectivity index (χ0v) is 20.4. The van der Waals surface area contributed by atoms with Crippen LogP contribution < -0.4 is 9.80 Å². The molecule has 2 aliphatic rings. The number of para-hydroxylation sites is 2. The van der Waals surface area contributed by atoms with E-state index in [2.05, 4.69) is 66.4 Å². The molecule has 0 bridgehead atoms. The van der Waals surface area contributed by atoms with Crippen molar-refractivity contribution in [1.29, 1.82) is 0 Å². The smallest absolute Gasteiger partial charge is 0.313 e. The third kappa shape index (κ3) is 6.15. The first-order chi connectivity index (χ1) is 16.1. The zero-order valence-electron chi connectivity index (χ0n) is 20.4. The third-order valence-electron chi connectivity index (χ3n) is 7.06. The summed E-state index contributed by atoms with van der Waals surface area (Å²) in [7, 11) is 4.23. The fourth-order valence-corrected chi connectivity index (χ4v) is 5.33. The van der Waals surface area contributed by atoms with Crippen LogP contribution in [0.25, 0.3) is 0 Å². The van der Waals surface area contributed by atoms with Gasteiger partial charge in [0.2, 0.25) is 0 Å². The summed E-state index contributed by atoms with van der Waals surface area (Å²) in [5.74, 6) is -0.343. The number of benzene rings is 2. The van der Waals surface area contributed by atoms with E-state index >= 15 is 0 Å². The largest absolute Gasteiger partial charge is 0.465 e. The topological polar surface area (TPSA) is 37.2 Å². The van der Waals surface area contributed by atoms with Gasteiger partial charge in [0.05, 0.1) is 32.2 Å². The standard InChI is InChI=1S/C28H39N3O2/c1-29(2)16-10-20-31-26-14-6-4-12-23(26)22-25(24-13-5-7-15-27(24)31)28(32)33-21-11-19-30-17-8-3-9-18-30/h4-7,12-15,25H,3,8-11,16-22H2,1-2H3/p+1. The van der Waals surface area contributed by atoms with Crippen LogP contribution in [0.5, 0.6) is 0 Å². The van der Waals surface area contributed by atoms with Crippen LogP contribution in [0, 0.1) is 0 Å². The molecule has 1 fully saturated rings. The van der Waals surface area contributed by atoms with E-state index in [1.54, 1.807) is 4.90 Å². The first-order valence-corrected chi connectivity index (χ1v) is 12.7. The van der Waals surface area contributed by atoms with E-state index < -0.39 is 0 Å². The number of esters is 1. The summed E-state index contributed by atoms with van der Waals surface area (Å²) in [4.78, 5) is 19.6. The SMILES string of the molecule is CN(C)CCCN1c2ccccc2CC(C(=O)OCCC[NH+]2CCCCC2)c2ccccc21. The van der Waals surface area contributed by atoms with Crippen LogP contribution in [-0.2, 0) is 16.0 Å². The summed E-state index contributed by atoms with van der Waals surface area (Å²) in [6.45, 7) is 6.12. The van der Waals surface area contributed by atoms with Gasteiger partial charge in [0.15, 0.2) is 0 Å². The molecular formula is C28H40N3O2+. The van der Waals surface area contributed by atoms with E-state index in [1.165, 1.54) is 43.6 Å². The van der Waals surface area contributed by atoms with Crippen LogP contribution >= 0.6 is 0 Å². The predicted molar refractivity (Wildman–Crippen MR) is 134 cm³/mol. The summed E-state index contributed by atoms with van der Waals surface area (Å²) in [6, 6.07) is 16.9. The van der Waals surface area contributed by atoms with Crippen LogP contribution in [0.2, 0.25) is 0 Å². The summed E-state index contributed by atoms with van der Waals surface area (Å²) in [5, 5.41) is 0. The van der Waals surface area contributed by atoms with Gasteiger partial charge in [0, 0.05) is 24.3 Å². The van der Waals surface area contributed by atoms with Gasteiger partial charge in [-0.3, -0.25) is 4.79 Å². The van der Waals surface area contributed by atoms with Crippen molar-refractivity contribution in [3.8, 4) is 0 Å². The Kier molecular flexibility index (Phi) is 8.40. The minimum absolute atomic E-state index is 0.0824. The van der Waals surface area contributed by atoms with Crippen LogP contribution in [-0.4, -0.2) is 64.3 Å². The number of carbonyl (C=O) groups excluding carboxylic acids is 1. The Morgan fingerprint density at radius 2 is 1.73 bits per heavy atom. The number of hydrogen-bond donors (Lipinski definition) is 1. The van der Waals surface area contributed by atoms with Gasteiger partial charge in [0.25, 0.3) is 0 Å². The highest BCUT2D eigenvalue weighted by atomic mass is 16.5. The Hall–Kier alpha value is -2.37. The molecule has 1 N–H and O–H groups in total. The molecule has 5 heteroatoms. The Balaban J connectivity index is 1.49. The van der Waals surface area contributed by atoms with Crippen molar-refractivity contribution in [1.82, 2.24) is 4.90 Å². The molecule has 2 aliphatic heterocycles. The van der Waals surface area contributed by atoms with E-state index in [0.717, 1.165) is 43.7 Å². The number of quaternary nitrogens is 1. The van der Waals surface area contributed by atoms with E-state index in [1.807, 2.05) is 6.07 Å². The first kappa shape index (κ1) is 23.8. The van der Waals surface area contributed by atoms with Crippen molar-refractivity contribution in [3.63, 3.8) is 0 Å². The van der Waals surface area contributed by atoms with Crippen LogP contribution in [0.4, 0.5) is 11.4 Å². The number of hydrogen-bond acceptors (Lipinski definition) is 4. The highest BCUT2D eigenvalue weighted by molar-refractivity contribution is 5.85. The van der Waals surface area contributed by atoms with Crippen LogP contribution in [0.1, 0.15) is 49.1 Å². The zero-order chi connectivity index (χ0) is 23.0. The number of fused-ring (bicyclic) bond motifs is 2. The molecule has 2 heterocycles. The van der Waals surface area contributed by atoms with Crippen molar-refractivity contribution in [2.75, 3.05) is 58.3 Å². The summed E-state index contributed by atoms with van der Waals surface area (Å²) < 4.78 is 5.87. The number of nitrogens with zero attached hydrogens (tertiary/aromatic N) is 2. The highest BCUT2D eigenvalue weighted by Crippen LogP contribution is 2.41. The van der Waals surface area contributed by atoms with Crippen molar-refractivity contribution < 1.29 is 14.4 Å². The van der Waals surface area contributed by atoms with Crippen LogP contribution in [0.3, 0.4) is 0 Å². The van der Waals surface area contributed by atoms with Crippen molar-refractivity contribution in [2.45, 2.75) is 44.4 Å². The van der Waals surface area contributed by atoms with Crippen molar-refractivity contribution in [3.05, 3.63) is 59.7 Å². The molecule has 0 aliphatic carbocycles. The van der Waals surface area contributed by atoms with Gasteiger partial charge in [-0.2, -0.15) is 0 Å². The summed E-state index contributed by atoms with van der Waals surface area (Å²) in [5.41, 5.74) is 4.66. The maximum atomic E-state index is 13.3. The molecule has 1 atom stereocenters. The molecule has 0 radical (unpaired) electrons. The van der Waals surface area contributed by atoms with Gasteiger partial charge in [0.1, 0.15) is 0 Å². The lowest BCUT2D eigenvalue weighted by atomic mass is 9.92. The molecule has 0 spiro atoms. The van der Waals surface area contributed by atoms with E-state index in [0.29, 0.717) is 13.0 Å². The Morgan fingerprint density at radius 3 is 2.52 bits per heavy atom. The second kappa shape index (κ2) is 11.7. The van der Waals surface area contributed by atoms with Gasteiger partial charge in [-0.15, -0.1) is 0 Å². The molecule has 0 aromatic heterocycles. The van der Waals surface area contributed by atoms with Gasteiger partial charge in [-0.05, 0) is 76.0 Å². The van der Waals surface area contributed by atoms with Gasteiger partial charge in [-0.1, -0.05) is 36.4 Å². The molecule has 2 aromatic rings. The molecule has 5 nitrogen and oxygen atoms in total. The molecule has 1 unspecified atom stereocenters. The number of likely N-dealkylation sites (tertiary alicyclic amines) is 1. The third-order valence-corrected chi connectivity index (χ3v) is 7.06. The van der Waals surface area contributed by atoms with E-state index in [9.17, 15) is 4.79 Å². The molecular weight excluding hydrogens is 410 g/mol. The molecule has 0 saturated carbocycles. The molecule has 0 amide bonds. The van der Waals surface area contributed by atoms with Gasteiger partial charge < -0.3 is 19.4 Å². The molecule has 178 valence electrons. The molecule has 2 aromatic carbocycles. The summed E-state index contributed by atoms with van der Waals surface area (Å²) in [6.07, 6.45) is 6.73. The lowest BCUT2D eigenvalue weighted by molar-refractivity contribution is -0.905. The average molecular weight is 451 g/mol. The van der Waals surface area contributed by atoms with E-state index in [-0.39, 0.29) is 11.9 Å². The highest BCUT2D eigenvalue weighted by Gasteiger charge is 2.31. The predicted octanol–water partition coefficient (Wildman–Crippen LogP) is 3.42. The number of nitrogens with one attached hydrogen (secondary N) is 1. The van der Waals surface area contributed by atoms with Crippen molar-refractivity contribution >= 4 is 17.3 Å². The number of carbonyl (C=O) groups is 1. The Bertz CT molecular complexity index is 908. The van der Waals surface area contributed by atoms with Crippen LogP contribution in [0.15, 0.2) is 48.5 Å². The minimum atomic E-state index is -0.261. The Labute approximate surface area is 199 Å². The number of anilines is 2. The second-order valence-electron chi connectivity index (χ2n) is 9.83. The molecule has 33 heavy (non-hydrogen) atoms. The fraction of sp³-hybridized carbons (Fsp3) is 0.536. The number of ether oxygens (including phenoxy) is 1.